The summed E-state index contributed by atoms with van der Waals surface area (Å²) in [5.74, 6) is -0.139. The van der Waals surface area contributed by atoms with Gasteiger partial charge in [-0.3, -0.25) is 0 Å². The Morgan fingerprint density at radius 1 is 0.750 bits per heavy atom. The summed E-state index contributed by atoms with van der Waals surface area (Å²) in [5.41, 5.74) is 0. The molecule has 0 radical (unpaired) electrons. The molecule has 1 atom stereocenters. The Kier molecular flexibility index (Phi) is 4.41. The average Bonchev–Trinajstić information content (AvgIpc) is 2.52. The summed E-state index contributed by atoms with van der Waals surface area (Å²) in [6, 6.07) is 18.0. The number of rotatable bonds is 3. The fraction of sp³-hybridized carbons (Fsp3) is 0.333. The lowest BCUT2D eigenvalue weighted by atomic mass is 10.0. The van der Waals surface area contributed by atoms with Crippen molar-refractivity contribution in [3.05, 3.63) is 60.4 Å². The third-order valence-electron chi connectivity index (χ3n) is 4.08. The third-order valence-corrected chi connectivity index (χ3v) is 7.03. The van der Waals surface area contributed by atoms with Gasteiger partial charge < -0.3 is 0 Å². The molecule has 1 unspecified atom stereocenters. The van der Waals surface area contributed by atoms with Gasteiger partial charge in [0.05, 0.1) is 0 Å². The van der Waals surface area contributed by atoms with E-state index in [-0.39, 0.29) is 16.7 Å². The summed E-state index contributed by atoms with van der Waals surface area (Å²) >= 11 is 0. The Morgan fingerprint density at radius 3 is 2.00 bits per heavy atom. The van der Waals surface area contributed by atoms with E-state index in [9.17, 15) is 4.39 Å². The number of thiol groups is 1. The fourth-order valence-corrected chi connectivity index (χ4v) is 6.09. The van der Waals surface area contributed by atoms with Crippen LogP contribution in [-0.2, 0) is 0 Å². The quantitative estimate of drug-likeness (QED) is 0.700. The van der Waals surface area contributed by atoms with Crippen LogP contribution in [0.25, 0.3) is 0 Å². The van der Waals surface area contributed by atoms with Gasteiger partial charge in [-0.2, -0.15) is 10.9 Å². The first-order valence-corrected chi connectivity index (χ1v) is 8.85. The molecule has 0 saturated heterocycles. The van der Waals surface area contributed by atoms with Gasteiger partial charge in [-0.15, -0.1) is 0 Å². The van der Waals surface area contributed by atoms with Crippen LogP contribution in [0.1, 0.15) is 32.1 Å². The van der Waals surface area contributed by atoms with Gasteiger partial charge in [0.15, 0.2) is 0 Å². The van der Waals surface area contributed by atoms with Crippen molar-refractivity contribution in [2.45, 2.75) is 47.1 Å². The fourth-order valence-electron chi connectivity index (χ4n) is 3.10. The first-order valence-electron chi connectivity index (χ1n) is 7.44. The molecule has 1 aliphatic rings. The summed E-state index contributed by atoms with van der Waals surface area (Å²) in [4.78, 5) is 2.75. The number of benzene rings is 2. The second-order valence-corrected chi connectivity index (χ2v) is 7.98. The van der Waals surface area contributed by atoms with Crippen molar-refractivity contribution < 1.29 is 4.39 Å². The predicted octanol–water partition coefficient (Wildman–Crippen LogP) is 5.58. The van der Waals surface area contributed by atoms with Crippen molar-refractivity contribution in [2.24, 2.45) is 0 Å². The maximum Gasteiger partial charge on any atom is 0.123 e. The lowest BCUT2D eigenvalue weighted by Gasteiger charge is -2.34. The van der Waals surface area contributed by atoms with Crippen molar-refractivity contribution in [3.63, 3.8) is 0 Å². The topological polar surface area (TPSA) is 0 Å². The van der Waals surface area contributed by atoms with E-state index < -0.39 is 0 Å². The van der Waals surface area contributed by atoms with Gasteiger partial charge in [-0.05, 0) is 64.3 Å². The Balaban J connectivity index is 1.96. The molecule has 2 aromatic rings. The molecule has 20 heavy (non-hydrogen) atoms. The van der Waals surface area contributed by atoms with Crippen molar-refractivity contribution in [3.8, 4) is 0 Å². The van der Waals surface area contributed by atoms with E-state index in [1.165, 1.54) is 41.9 Å². The Hall–Kier alpha value is -1.28. The van der Waals surface area contributed by atoms with E-state index in [1.807, 2.05) is 12.1 Å². The molecule has 1 aliphatic carbocycles. The minimum Gasteiger partial charge on any atom is -0.207 e. The summed E-state index contributed by atoms with van der Waals surface area (Å²) in [5, 5.41) is 0.756. The van der Waals surface area contributed by atoms with Gasteiger partial charge in [-0.25, -0.2) is 4.39 Å². The smallest absolute Gasteiger partial charge is 0.123 e. The highest BCUT2D eigenvalue weighted by molar-refractivity contribution is 8.17. The SMILES string of the molecule is Fc1ccc([SH](c2ccccc2)C2CCCCC2)cc1. The number of hydrogen-bond donors (Lipinski definition) is 1. The van der Waals surface area contributed by atoms with E-state index in [4.69, 9.17) is 0 Å². The van der Waals surface area contributed by atoms with Crippen LogP contribution in [0.4, 0.5) is 4.39 Å². The van der Waals surface area contributed by atoms with Crippen LogP contribution in [-0.4, -0.2) is 5.25 Å². The first-order chi connectivity index (χ1) is 9.84. The highest BCUT2D eigenvalue weighted by atomic mass is 32.2. The van der Waals surface area contributed by atoms with Crippen molar-refractivity contribution in [2.75, 3.05) is 0 Å². The van der Waals surface area contributed by atoms with Gasteiger partial charge in [-0.1, -0.05) is 37.5 Å². The van der Waals surface area contributed by atoms with Crippen LogP contribution >= 0.6 is 10.9 Å². The normalized spacial score (nSPS) is 18.8. The number of halogens is 1. The zero-order valence-electron chi connectivity index (χ0n) is 11.6. The standard InChI is InChI=1S/C18H21FS/c19-15-11-13-18(14-12-15)20(16-7-3-1-4-8-16)17-9-5-2-6-10-17/h1,3-4,7-8,11-14,17,20H,2,5-6,9-10H2. The summed E-state index contributed by atoms with van der Waals surface area (Å²) in [6.07, 6.45) is 6.70. The van der Waals surface area contributed by atoms with E-state index in [0.29, 0.717) is 0 Å². The lowest BCUT2D eigenvalue weighted by Crippen LogP contribution is -2.13. The van der Waals surface area contributed by atoms with Crippen molar-refractivity contribution in [1.29, 1.82) is 0 Å². The van der Waals surface area contributed by atoms with Crippen molar-refractivity contribution in [1.82, 2.24) is 0 Å². The van der Waals surface area contributed by atoms with Crippen LogP contribution < -0.4 is 0 Å². The zero-order chi connectivity index (χ0) is 13.8. The molecular formula is C18H21FS. The van der Waals surface area contributed by atoms with Crippen LogP contribution in [0.2, 0.25) is 0 Å². The molecular weight excluding hydrogens is 267 g/mol. The van der Waals surface area contributed by atoms with E-state index >= 15 is 0 Å². The molecule has 0 bridgehead atoms. The van der Waals surface area contributed by atoms with E-state index in [2.05, 4.69) is 30.3 Å². The molecule has 0 aliphatic heterocycles. The minimum absolute atomic E-state index is 0.139. The van der Waals surface area contributed by atoms with Crippen LogP contribution in [0.15, 0.2) is 64.4 Å². The van der Waals surface area contributed by atoms with Gasteiger partial charge in [0.2, 0.25) is 0 Å². The highest BCUT2D eigenvalue weighted by Gasteiger charge is 2.23. The van der Waals surface area contributed by atoms with Gasteiger partial charge >= 0.3 is 0 Å². The van der Waals surface area contributed by atoms with Gasteiger partial charge in [0.25, 0.3) is 0 Å². The summed E-state index contributed by atoms with van der Waals surface area (Å²) < 4.78 is 13.2. The molecule has 2 aromatic carbocycles. The molecule has 0 N–H and O–H groups in total. The molecule has 0 spiro atoms. The molecule has 0 heterocycles. The summed E-state index contributed by atoms with van der Waals surface area (Å²) in [6.45, 7) is 0. The Morgan fingerprint density at radius 2 is 1.35 bits per heavy atom. The van der Waals surface area contributed by atoms with Gasteiger partial charge in [0, 0.05) is 0 Å². The second kappa shape index (κ2) is 6.45. The van der Waals surface area contributed by atoms with Crippen LogP contribution in [0.5, 0.6) is 0 Å². The largest absolute Gasteiger partial charge is 0.207 e. The highest BCUT2D eigenvalue weighted by Crippen LogP contribution is 2.52. The lowest BCUT2D eigenvalue weighted by molar-refractivity contribution is 0.513. The molecule has 2 heteroatoms. The van der Waals surface area contributed by atoms with E-state index in [0.717, 1.165) is 5.25 Å². The maximum absolute atomic E-state index is 13.2. The molecule has 3 rings (SSSR count). The second-order valence-electron chi connectivity index (χ2n) is 5.47. The monoisotopic (exact) mass is 288 g/mol. The molecule has 0 nitrogen and oxygen atoms in total. The molecule has 1 saturated carbocycles. The Bertz CT molecular complexity index is 529. The molecule has 106 valence electrons. The summed E-state index contributed by atoms with van der Waals surface area (Å²) in [7, 11) is -0.348. The number of hydrogen-bond acceptors (Lipinski definition) is 0. The molecule has 0 aromatic heterocycles. The third kappa shape index (κ3) is 3.06. The average molecular weight is 288 g/mol. The van der Waals surface area contributed by atoms with Crippen LogP contribution in [0.3, 0.4) is 0 Å². The molecule has 1 fully saturated rings. The van der Waals surface area contributed by atoms with Gasteiger partial charge in [0.1, 0.15) is 5.82 Å². The minimum atomic E-state index is -0.348. The zero-order valence-corrected chi connectivity index (χ0v) is 12.5. The van der Waals surface area contributed by atoms with E-state index in [1.54, 1.807) is 12.1 Å². The molecule has 0 amide bonds. The Labute approximate surface area is 123 Å². The van der Waals surface area contributed by atoms with Crippen LogP contribution in [0, 0.1) is 5.82 Å². The van der Waals surface area contributed by atoms with Crippen molar-refractivity contribution >= 4 is 10.9 Å². The maximum atomic E-state index is 13.2. The first kappa shape index (κ1) is 13.7. The predicted molar refractivity (Wildman–Crippen MR) is 85.2 cm³/mol.